The summed E-state index contributed by atoms with van der Waals surface area (Å²) in [6, 6.07) is 11.0. The number of urea groups is 1. The van der Waals surface area contributed by atoms with Gasteiger partial charge in [-0.05, 0) is 48.7 Å². The summed E-state index contributed by atoms with van der Waals surface area (Å²) in [6.45, 7) is 0.873. The Morgan fingerprint density at radius 1 is 1.07 bits per heavy atom. The topological polar surface area (TPSA) is 98.7 Å². The molecule has 1 saturated heterocycles. The number of amides is 2. The zero-order chi connectivity index (χ0) is 21.6. The number of nitrogens with one attached hydrogen (secondary N) is 2. The highest BCUT2D eigenvalue weighted by Crippen LogP contribution is 2.22. The number of hydrogen-bond acceptors (Lipinski definition) is 4. The summed E-state index contributed by atoms with van der Waals surface area (Å²) in [7, 11) is -3.62. The van der Waals surface area contributed by atoms with Gasteiger partial charge < -0.3 is 15.7 Å². The number of hydrogen-bond donors (Lipinski definition) is 3. The fourth-order valence-electron chi connectivity index (χ4n) is 3.36. The van der Waals surface area contributed by atoms with Gasteiger partial charge in [-0.2, -0.15) is 4.31 Å². The number of nitrogens with zero attached hydrogens (tertiary/aromatic N) is 1. The van der Waals surface area contributed by atoms with E-state index < -0.39 is 28.0 Å². The standard InChI is InChI=1S/C21H26FN3O4S/c22-17-8-5-7-16(13-17)20(26)15-23-21(27)24-18-9-6-10-19(14-18)30(28,29)25-11-3-1-2-4-12-25/h5-10,13-14,20,26H,1-4,11-12,15H2,(H2,23,24,27). The van der Waals surface area contributed by atoms with Gasteiger partial charge in [0.1, 0.15) is 5.82 Å². The Morgan fingerprint density at radius 2 is 1.77 bits per heavy atom. The highest BCUT2D eigenvalue weighted by Gasteiger charge is 2.25. The second kappa shape index (κ2) is 10.0. The largest absolute Gasteiger partial charge is 0.387 e. The predicted molar refractivity (Wildman–Crippen MR) is 112 cm³/mol. The Labute approximate surface area is 176 Å². The van der Waals surface area contributed by atoms with Gasteiger partial charge in [0.2, 0.25) is 10.0 Å². The molecule has 1 heterocycles. The van der Waals surface area contributed by atoms with Gasteiger partial charge in [-0.25, -0.2) is 17.6 Å². The number of sulfonamides is 1. The van der Waals surface area contributed by atoms with Crippen molar-refractivity contribution in [3.63, 3.8) is 0 Å². The third-order valence-electron chi connectivity index (χ3n) is 4.98. The molecule has 0 bridgehead atoms. The van der Waals surface area contributed by atoms with Gasteiger partial charge in [0.05, 0.1) is 11.0 Å². The lowest BCUT2D eigenvalue weighted by atomic mass is 10.1. The Bertz CT molecular complexity index is 976. The lowest BCUT2D eigenvalue weighted by Gasteiger charge is -2.20. The first-order valence-corrected chi connectivity index (χ1v) is 11.4. The molecule has 3 rings (SSSR count). The average molecular weight is 436 g/mol. The smallest absolute Gasteiger partial charge is 0.319 e. The third-order valence-corrected chi connectivity index (χ3v) is 6.88. The van der Waals surface area contributed by atoms with Gasteiger partial charge in [0.15, 0.2) is 0 Å². The van der Waals surface area contributed by atoms with Crippen LogP contribution in [0.1, 0.15) is 37.4 Å². The summed E-state index contributed by atoms with van der Waals surface area (Å²) in [5.41, 5.74) is 0.671. The molecule has 1 aliphatic heterocycles. The van der Waals surface area contributed by atoms with Gasteiger partial charge in [-0.3, -0.25) is 0 Å². The first-order chi connectivity index (χ1) is 14.4. The van der Waals surface area contributed by atoms with Crippen molar-refractivity contribution in [2.24, 2.45) is 0 Å². The van der Waals surface area contributed by atoms with Crippen LogP contribution in [0.15, 0.2) is 53.4 Å². The molecular formula is C21H26FN3O4S. The Hall–Kier alpha value is -2.49. The van der Waals surface area contributed by atoms with Gasteiger partial charge in [0.25, 0.3) is 0 Å². The van der Waals surface area contributed by atoms with Gasteiger partial charge in [0, 0.05) is 25.3 Å². The molecule has 1 aliphatic rings. The number of rotatable bonds is 6. The normalized spacial score (nSPS) is 16.5. The maximum absolute atomic E-state index is 13.2. The molecule has 1 atom stereocenters. The quantitative estimate of drug-likeness (QED) is 0.649. The highest BCUT2D eigenvalue weighted by molar-refractivity contribution is 7.89. The van der Waals surface area contributed by atoms with Crippen molar-refractivity contribution in [2.45, 2.75) is 36.7 Å². The van der Waals surface area contributed by atoms with E-state index in [1.165, 1.54) is 34.6 Å². The van der Waals surface area contributed by atoms with Crippen LogP contribution in [0.4, 0.5) is 14.9 Å². The van der Waals surface area contributed by atoms with E-state index in [-0.39, 0.29) is 11.4 Å². The van der Waals surface area contributed by atoms with Crippen LogP contribution in [0.5, 0.6) is 0 Å². The molecule has 0 aromatic heterocycles. The van der Waals surface area contributed by atoms with E-state index in [1.54, 1.807) is 18.2 Å². The molecule has 3 N–H and O–H groups in total. The monoisotopic (exact) mass is 435 g/mol. The Kier molecular flexibility index (Phi) is 7.41. The van der Waals surface area contributed by atoms with Crippen LogP contribution in [-0.4, -0.2) is 43.5 Å². The molecule has 0 radical (unpaired) electrons. The van der Waals surface area contributed by atoms with Crippen LogP contribution in [0.25, 0.3) is 0 Å². The van der Waals surface area contributed by atoms with Crippen molar-refractivity contribution in [1.82, 2.24) is 9.62 Å². The summed E-state index contributed by atoms with van der Waals surface area (Å²) in [6.07, 6.45) is 2.66. The number of carbonyl (C=O) groups is 1. The van der Waals surface area contributed by atoms with E-state index in [0.717, 1.165) is 25.7 Å². The van der Waals surface area contributed by atoms with Crippen LogP contribution in [0.3, 0.4) is 0 Å². The Morgan fingerprint density at radius 3 is 2.47 bits per heavy atom. The lowest BCUT2D eigenvalue weighted by molar-refractivity contribution is 0.174. The molecule has 9 heteroatoms. The summed E-state index contributed by atoms with van der Waals surface area (Å²) in [5.74, 6) is -0.474. The second-order valence-electron chi connectivity index (χ2n) is 7.25. The average Bonchev–Trinajstić information content (AvgIpc) is 3.02. The van der Waals surface area contributed by atoms with Crippen molar-refractivity contribution in [3.05, 3.63) is 59.9 Å². The number of benzene rings is 2. The molecular weight excluding hydrogens is 409 g/mol. The van der Waals surface area contributed by atoms with Crippen LogP contribution >= 0.6 is 0 Å². The molecule has 2 aromatic rings. The van der Waals surface area contributed by atoms with Gasteiger partial charge >= 0.3 is 6.03 Å². The molecule has 30 heavy (non-hydrogen) atoms. The number of aliphatic hydroxyl groups is 1. The van der Waals surface area contributed by atoms with Crippen molar-refractivity contribution >= 4 is 21.7 Å². The number of halogens is 1. The van der Waals surface area contributed by atoms with Crippen LogP contribution in [0, 0.1) is 5.82 Å². The number of anilines is 1. The molecule has 1 fully saturated rings. The molecule has 2 amide bonds. The summed E-state index contributed by atoms with van der Waals surface area (Å²) >= 11 is 0. The molecule has 0 spiro atoms. The number of aliphatic hydroxyl groups excluding tert-OH is 1. The maximum Gasteiger partial charge on any atom is 0.319 e. The zero-order valence-corrected chi connectivity index (χ0v) is 17.4. The minimum absolute atomic E-state index is 0.124. The third kappa shape index (κ3) is 5.78. The Balaban J connectivity index is 1.61. The highest BCUT2D eigenvalue weighted by atomic mass is 32.2. The SMILES string of the molecule is O=C(NCC(O)c1cccc(F)c1)Nc1cccc(S(=O)(=O)N2CCCCCC2)c1. The summed E-state index contributed by atoms with van der Waals surface area (Å²) < 4.78 is 40.6. The molecule has 162 valence electrons. The minimum atomic E-state index is -3.62. The van der Waals surface area contributed by atoms with Crippen LogP contribution in [-0.2, 0) is 10.0 Å². The van der Waals surface area contributed by atoms with E-state index in [0.29, 0.717) is 24.3 Å². The molecule has 7 nitrogen and oxygen atoms in total. The molecule has 2 aromatic carbocycles. The van der Waals surface area contributed by atoms with E-state index >= 15 is 0 Å². The fourth-order valence-corrected chi connectivity index (χ4v) is 4.93. The minimum Gasteiger partial charge on any atom is -0.387 e. The first-order valence-electron chi connectivity index (χ1n) is 9.95. The lowest BCUT2D eigenvalue weighted by Crippen LogP contribution is -2.33. The maximum atomic E-state index is 13.2. The van der Waals surface area contributed by atoms with Crippen LogP contribution in [0.2, 0.25) is 0 Å². The molecule has 0 aliphatic carbocycles. The second-order valence-corrected chi connectivity index (χ2v) is 9.19. The molecule has 1 unspecified atom stereocenters. The summed E-state index contributed by atoms with van der Waals surface area (Å²) in [4.78, 5) is 12.3. The fraction of sp³-hybridized carbons (Fsp3) is 0.381. The predicted octanol–water partition coefficient (Wildman–Crippen LogP) is 3.25. The van der Waals surface area contributed by atoms with E-state index in [1.807, 2.05) is 0 Å². The van der Waals surface area contributed by atoms with Crippen molar-refractivity contribution in [1.29, 1.82) is 0 Å². The summed E-state index contributed by atoms with van der Waals surface area (Å²) in [5, 5.41) is 15.1. The van der Waals surface area contributed by atoms with E-state index in [2.05, 4.69) is 10.6 Å². The van der Waals surface area contributed by atoms with Crippen molar-refractivity contribution in [2.75, 3.05) is 25.0 Å². The van der Waals surface area contributed by atoms with Gasteiger partial charge in [-0.1, -0.05) is 31.0 Å². The number of carbonyl (C=O) groups excluding carboxylic acids is 1. The van der Waals surface area contributed by atoms with E-state index in [9.17, 15) is 22.7 Å². The molecule has 0 saturated carbocycles. The van der Waals surface area contributed by atoms with Gasteiger partial charge in [-0.15, -0.1) is 0 Å². The van der Waals surface area contributed by atoms with Crippen LogP contribution < -0.4 is 10.6 Å². The van der Waals surface area contributed by atoms with Crippen molar-refractivity contribution < 1.29 is 22.7 Å². The van der Waals surface area contributed by atoms with Crippen molar-refractivity contribution in [3.8, 4) is 0 Å². The van der Waals surface area contributed by atoms with E-state index in [4.69, 9.17) is 0 Å². The first kappa shape index (κ1) is 22.2. The zero-order valence-electron chi connectivity index (χ0n) is 16.6.